The van der Waals surface area contributed by atoms with Crippen LogP contribution < -0.4 is 4.90 Å². The zero-order valence-electron chi connectivity index (χ0n) is 17.2. The lowest BCUT2D eigenvalue weighted by atomic mass is 10.1. The van der Waals surface area contributed by atoms with Gasteiger partial charge in [0.05, 0.1) is 16.0 Å². The molecule has 0 N–H and O–H groups in total. The third-order valence-electron chi connectivity index (χ3n) is 4.97. The maximum Gasteiger partial charge on any atom is 0.269 e. The number of likely N-dealkylation sites (N-methyl/N-ethyl adjacent to an activating group) is 1. The average molecular weight is 448 g/mol. The minimum absolute atomic E-state index is 0.00299. The van der Waals surface area contributed by atoms with Crippen molar-refractivity contribution in [2.24, 2.45) is 0 Å². The van der Waals surface area contributed by atoms with Crippen LogP contribution >= 0.6 is 11.3 Å². The largest absolute Gasteiger partial charge is 0.302 e. The van der Waals surface area contributed by atoms with E-state index in [4.69, 9.17) is 0 Å². The van der Waals surface area contributed by atoms with Gasteiger partial charge in [-0.2, -0.15) is 0 Å². The summed E-state index contributed by atoms with van der Waals surface area (Å²) in [6, 6.07) is 7.73. The van der Waals surface area contributed by atoms with Crippen LogP contribution in [0.1, 0.15) is 19.4 Å². The van der Waals surface area contributed by atoms with Crippen LogP contribution in [0.5, 0.6) is 0 Å². The van der Waals surface area contributed by atoms with Crippen molar-refractivity contribution in [3.05, 3.63) is 63.7 Å². The third-order valence-corrected chi connectivity index (χ3v) is 6.00. The third kappa shape index (κ3) is 5.39. The first kappa shape index (κ1) is 22.7. The van der Waals surface area contributed by atoms with Crippen molar-refractivity contribution in [1.29, 1.82) is 0 Å². The summed E-state index contributed by atoms with van der Waals surface area (Å²) < 4.78 is 28.1. The summed E-state index contributed by atoms with van der Waals surface area (Å²) in [5, 5.41) is 11.1. The van der Waals surface area contributed by atoms with E-state index in [9.17, 15) is 23.7 Å². The molecule has 0 aliphatic heterocycles. The van der Waals surface area contributed by atoms with Gasteiger partial charge < -0.3 is 4.90 Å². The van der Waals surface area contributed by atoms with E-state index in [1.807, 2.05) is 13.8 Å². The van der Waals surface area contributed by atoms with Gasteiger partial charge in [-0.25, -0.2) is 13.8 Å². The summed E-state index contributed by atoms with van der Waals surface area (Å²) in [5.41, 5.74) is 0.581. The van der Waals surface area contributed by atoms with Gasteiger partial charge in [0.15, 0.2) is 10.9 Å². The van der Waals surface area contributed by atoms with Crippen LogP contribution in [0.3, 0.4) is 0 Å². The number of benzene rings is 2. The molecule has 1 aromatic heterocycles. The number of non-ortho nitro benzene ring substituents is 1. The van der Waals surface area contributed by atoms with Crippen molar-refractivity contribution < 1.29 is 18.5 Å². The molecular formula is C21H22F2N4O3S. The van der Waals surface area contributed by atoms with E-state index in [0.717, 1.165) is 30.5 Å². The van der Waals surface area contributed by atoms with E-state index >= 15 is 0 Å². The highest BCUT2D eigenvalue weighted by atomic mass is 32.1. The van der Waals surface area contributed by atoms with Crippen molar-refractivity contribution in [2.75, 3.05) is 31.1 Å². The first-order valence-electron chi connectivity index (χ1n) is 9.84. The number of amides is 1. The Morgan fingerprint density at radius 1 is 1.13 bits per heavy atom. The molecular weight excluding hydrogens is 426 g/mol. The smallest absolute Gasteiger partial charge is 0.269 e. The molecule has 164 valence electrons. The Bertz CT molecular complexity index is 1080. The van der Waals surface area contributed by atoms with Crippen molar-refractivity contribution in [2.45, 2.75) is 20.3 Å². The summed E-state index contributed by atoms with van der Waals surface area (Å²) in [6.45, 7) is 6.56. The lowest BCUT2D eigenvalue weighted by molar-refractivity contribution is -0.384. The molecule has 31 heavy (non-hydrogen) atoms. The number of hydrogen-bond donors (Lipinski definition) is 0. The zero-order chi connectivity index (χ0) is 22.5. The number of fused-ring (bicyclic) bond motifs is 1. The number of aromatic nitrogens is 1. The highest BCUT2D eigenvalue weighted by Gasteiger charge is 2.22. The van der Waals surface area contributed by atoms with Crippen LogP contribution in [0, 0.1) is 21.7 Å². The maximum absolute atomic E-state index is 14.1. The van der Waals surface area contributed by atoms with Gasteiger partial charge >= 0.3 is 0 Å². The number of rotatable bonds is 9. The number of nitro groups is 1. The number of hydrogen-bond acceptors (Lipinski definition) is 6. The van der Waals surface area contributed by atoms with E-state index < -0.39 is 16.6 Å². The van der Waals surface area contributed by atoms with Crippen molar-refractivity contribution in [3.8, 4) is 0 Å². The minimum Gasteiger partial charge on any atom is -0.302 e. The number of carbonyl (C=O) groups excluding carboxylic acids is 1. The molecule has 3 rings (SSSR count). The minimum atomic E-state index is -0.774. The fourth-order valence-electron chi connectivity index (χ4n) is 3.17. The summed E-state index contributed by atoms with van der Waals surface area (Å²) >= 11 is 1.05. The van der Waals surface area contributed by atoms with Crippen LogP contribution in [0.2, 0.25) is 0 Å². The molecule has 0 radical (unpaired) electrons. The summed E-state index contributed by atoms with van der Waals surface area (Å²) in [6.07, 6.45) is 0.00299. The second kappa shape index (κ2) is 9.88. The Balaban J connectivity index is 1.89. The summed E-state index contributed by atoms with van der Waals surface area (Å²) in [4.78, 5) is 31.3. The molecule has 7 nitrogen and oxygen atoms in total. The first-order valence-corrected chi connectivity index (χ1v) is 10.7. The van der Waals surface area contributed by atoms with Crippen LogP contribution in [-0.4, -0.2) is 46.9 Å². The molecule has 0 aliphatic carbocycles. The molecule has 0 aliphatic rings. The number of anilines is 1. The predicted molar refractivity (Wildman–Crippen MR) is 116 cm³/mol. The maximum atomic E-state index is 14.1. The van der Waals surface area contributed by atoms with Gasteiger partial charge in [-0.15, -0.1) is 0 Å². The first-order chi connectivity index (χ1) is 14.8. The Morgan fingerprint density at radius 3 is 2.42 bits per heavy atom. The van der Waals surface area contributed by atoms with Crippen LogP contribution in [0.4, 0.5) is 19.6 Å². The highest BCUT2D eigenvalue weighted by Crippen LogP contribution is 2.31. The number of nitro benzene ring substituents is 1. The highest BCUT2D eigenvalue weighted by molar-refractivity contribution is 7.22. The summed E-state index contributed by atoms with van der Waals surface area (Å²) in [7, 11) is 0. The van der Waals surface area contributed by atoms with Gasteiger partial charge in [-0.05, 0) is 24.7 Å². The fourth-order valence-corrected chi connectivity index (χ4v) is 4.22. The van der Waals surface area contributed by atoms with E-state index in [2.05, 4.69) is 9.88 Å². The lowest BCUT2D eigenvalue weighted by Crippen LogP contribution is -2.39. The Kier molecular flexibility index (Phi) is 7.24. The average Bonchev–Trinajstić information content (AvgIpc) is 3.15. The van der Waals surface area contributed by atoms with E-state index in [1.54, 1.807) is 0 Å². The SMILES string of the molecule is CCN(CC)CCN(C(=O)Cc1ccc([N+](=O)[O-])cc1)c1nc2c(F)cc(F)cc2s1. The van der Waals surface area contributed by atoms with Crippen molar-refractivity contribution >= 4 is 38.3 Å². The second-order valence-electron chi connectivity index (χ2n) is 6.90. The van der Waals surface area contributed by atoms with E-state index in [0.29, 0.717) is 28.5 Å². The molecule has 0 unspecified atom stereocenters. The number of nitrogens with zero attached hydrogens (tertiary/aromatic N) is 4. The molecule has 3 aromatic rings. The van der Waals surface area contributed by atoms with Crippen molar-refractivity contribution in [3.63, 3.8) is 0 Å². The summed E-state index contributed by atoms with van der Waals surface area (Å²) in [5.74, 6) is -1.75. The van der Waals surface area contributed by atoms with E-state index in [1.165, 1.54) is 35.2 Å². The van der Waals surface area contributed by atoms with Gasteiger partial charge in [0.1, 0.15) is 11.3 Å². The molecule has 0 atom stereocenters. The van der Waals surface area contributed by atoms with Gasteiger partial charge in [-0.1, -0.05) is 37.3 Å². The normalized spacial score (nSPS) is 11.3. The lowest BCUT2D eigenvalue weighted by Gasteiger charge is -2.24. The Labute approximate surface area is 182 Å². The molecule has 1 heterocycles. The quantitative estimate of drug-likeness (QED) is 0.358. The monoisotopic (exact) mass is 448 g/mol. The molecule has 0 saturated carbocycles. The zero-order valence-corrected chi connectivity index (χ0v) is 18.0. The van der Waals surface area contributed by atoms with Crippen LogP contribution in [0.15, 0.2) is 36.4 Å². The van der Waals surface area contributed by atoms with Gasteiger partial charge in [-0.3, -0.25) is 19.8 Å². The van der Waals surface area contributed by atoms with Crippen LogP contribution in [0.25, 0.3) is 10.2 Å². The second-order valence-corrected chi connectivity index (χ2v) is 7.91. The predicted octanol–water partition coefficient (Wildman–Crippen LogP) is 4.40. The Hall–Kier alpha value is -2.98. The van der Waals surface area contributed by atoms with Crippen LogP contribution in [-0.2, 0) is 11.2 Å². The molecule has 0 bridgehead atoms. The molecule has 0 spiro atoms. The molecule has 2 aromatic carbocycles. The van der Waals surface area contributed by atoms with Gasteiger partial charge in [0.25, 0.3) is 5.69 Å². The molecule has 10 heteroatoms. The standard InChI is InChI=1S/C21H22F2N4O3S/c1-3-25(4-2)9-10-26(19(28)11-14-5-7-16(8-6-14)27(29)30)21-24-20-17(23)12-15(22)13-18(20)31-21/h5-8,12-13H,3-4,9-11H2,1-2H3. The topological polar surface area (TPSA) is 79.6 Å². The number of halogens is 2. The molecule has 1 amide bonds. The van der Waals surface area contributed by atoms with Gasteiger partial charge in [0, 0.05) is 31.3 Å². The fraction of sp³-hybridized carbons (Fsp3) is 0.333. The molecule has 0 fully saturated rings. The number of thiazole rings is 1. The van der Waals surface area contributed by atoms with E-state index in [-0.39, 0.29) is 23.5 Å². The Morgan fingerprint density at radius 2 is 1.81 bits per heavy atom. The van der Waals surface area contributed by atoms with Crippen molar-refractivity contribution in [1.82, 2.24) is 9.88 Å². The number of carbonyl (C=O) groups is 1. The van der Waals surface area contributed by atoms with Gasteiger partial charge in [0.2, 0.25) is 5.91 Å². The molecule has 0 saturated heterocycles.